The lowest BCUT2D eigenvalue weighted by Crippen LogP contribution is -2.08. The van der Waals surface area contributed by atoms with E-state index in [0.717, 1.165) is 6.26 Å². The number of rotatable bonds is 3. The van der Waals surface area contributed by atoms with Gasteiger partial charge >= 0.3 is 5.97 Å². The molecule has 0 heterocycles. The maximum absolute atomic E-state index is 11.5. The highest BCUT2D eigenvalue weighted by Gasteiger charge is 2.19. The third kappa shape index (κ3) is 3.29. The zero-order valence-electron chi connectivity index (χ0n) is 9.16. The average molecular weight is 386 g/mol. The Morgan fingerprint density at radius 3 is 2.41 bits per heavy atom. The molecule has 7 heteroatoms. The van der Waals surface area contributed by atoms with Gasteiger partial charge in [-0.1, -0.05) is 15.9 Å². The largest absolute Gasteiger partial charge is 0.465 e. The summed E-state index contributed by atoms with van der Waals surface area (Å²) in [5.41, 5.74) is 0.907. The maximum Gasteiger partial charge on any atom is 0.338 e. The number of hydrogen-bond acceptors (Lipinski definition) is 4. The van der Waals surface area contributed by atoms with E-state index in [0.29, 0.717) is 15.4 Å². The molecule has 0 atom stereocenters. The standard InChI is InChI=1S/C10H10Br2O4S/c1-16-10(13)7-4-9(17(2,14)15)8(12)3-6(7)5-11/h3-4H,5H2,1-2H3. The molecule has 0 aliphatic carbocycles. The molecule has 0 spiro atoms. The summed E-state index contributed by atoms with van der Waals surface area (Å²) in [6.07, 6.45) is 1.09. The quantitative estimate of drug-likeness (QED) is 0.592. The Morgan fingerprint density at radius 2 is 2.00 bits per heavy atom. The SMILES string of the molecule is COC(=O)c1cc(S(C)(=O)=O)c(Br)cc1CBr. The molecule has 4 nitrogen and oxygen atoms in total. The lowest BCUT2D eigenvalue weighted by Gasteiger charge is -2.09. The summed E-state index contributed by atoms with van der Waals surface area (Å²) in [5.74, 6) is -0.558. The van der Waals surface area contributed by atoms with Gasteiger partial charge in [-0.25, -0.2) is 13.2 Å². The summed E-state index contributed by atoms with van der Waals surface area (Å²) in [6.45, 7) is 0. The first-order valence-electron chi connectivity index (χ1n) is 4.48. The van der Waals surface area contributed by atoms with E-state index < -0.39 is 15.8 Å². The smallest absolute Gasteiger partial charge is 0.338 e. The van der Waals surface area contributed by atoms with E-state index in [-0.39, 0.29) is 10.5 Å². The number of carbonyl (C=O) groups excluding carboxylic acids is 1. The van der Waals surface area contributed by atoms with Crippen LogP contribution in [0.2, 0.25) is 0 Å². The number of hydrogen-bond donors (Lipinski definition) is 0. The fourth-order valence-electron chi connectivity index (χ4n) is 1.29. The molecule has 0 saturated heterocycles. The van der Waals surface area contributed by atoms with E-state index in [9.17, 15) is 13.2 Å². The number of ether oxygens (including phenoxy) is 1. The van der Waals surface area contributed by atoms with Crippen LogP contribution in [0.1, 0.15) is 15.9 Å². The Balaban J connectivity index is 3.54. The van der Waals surface area contributed by atoms with Crippen LogP contribution in [0, 0.1) is 0 Å². The average Bonchev–Trinajstić information content (AvgIpc) is 2.25. The number of esters is 1. The first kappa shape index (κ1) is 14.7. The van der Waals surface area contributed by atoms with Gasteiger partial charge in [0.2, 0.25) is 0 Å². The van der Waals surface area contributed by atoms with Gasteiger partial charge in [-0.05, 0) is 33.6 Å². The highest BCUT2D eigenvalue weighted by molar-refractivity contribution is 9.10. The van der Waals surface area contributed by atoms with Crippen LogP contribution in [0.5, 0.6) is 0 Å². The van der Waals surface area contributed by atoms with Gasteiger partial charge in [-0.2, -0.15) is 0 Å². The number of alkyl halides is 1. The molecule has 94 valence electrons. The Morgan fingerprint density at radius 1 is 1.41 bits per heavy atom. The zero-order chi connectivity index (χ0) is 13.2. The van der Waals surface area contributed by atoms with Crippen molar-refractivity contribution in [3.8, 4) is 0 Å². The number of sulfone groups is 1. The molecule has 0 saturated carbocycles. The predicted molar refractivity (Wildman–Crippen MR) is 71.2 cm³/mol. The minimum Gasteiger partial charge on any atom is -0.465 e. The molecule has 1 aromatic carbocycles. The van der Waals surface area contributed by atoms with Gasteiger partial charge in [0, 0.05) is 16.1 Å². The Kier molecular flexibility index (Phi) is 4.74. The van der Waals surface area contributed by atoms with Gasteiger partial charge in [-0.3, -0.25) is 0 Å². The molecule has 0 aliphatic heterocycles. The topological polar surface area (TPSA) is 60.4 Å². The third-order valence-electron chi connectivity index (χ3n) is 2.11. The second-order valence-electron chi connectivity index (χ2n) is 3.34. The molecular formula is C10H10Br2O4S. The normalized spacial score (nSPS) is 11.3. The minimum absolute atomic E-state index is 0.0719. The lowest BCUT2D eigenvalue weighted by molar-refractivity contribution is 0.0599. The molecule has 0 unspecified atom stereocenters. The van der Waals surface area contributed by atoms with Crippen LogP contribution in [0.3, 0.4) is 0 Å². The Hall–Kier alpha value is -0.400. The van der Waals surface area contributed by atoms with Crippen LogP contribution in [-0.4, -0.2) is 27.8 Å². The minimum atomic E-state index is -3.39. The fourth-order valence-corrected chi connectivity index (χ4v) is 3.77. The van der Waals surface area contributed by atoms with Crippen molar-refractivity contribution in [3.05, 3.63) is 27.7 Å². The van der Waals surface area contributed by atoms with Gasteiger partial charge in [0.25, 0.3) is 0 Å². The molecule has 0 N–H and O–H groups in total. The van der Waals surface area contributed by atoms with Gasteiger partial charge in [0.05, 0.1) is 17.6 Å². The Labute approximate surface area is 117 Å². The van der Waals surface area contributed by atoms with Gasteiger partial charge in [-0.15, -0.1) is 0 Å². The van der Waals surface area contributed by atoms with Crippen LogP contribution in [-0.2, 0) is 19.9 Å². The summed E-state index contributed by atoms with van der Waals surface area (Å²) in [5, 5.41) is 0.431. The van der Waals surface area contributed by atoms with Crippen molar-refractivity contribution in [2.24, 2.45) is 0 Å². The number of benzene rings is 1. The molecule has 0 aromatic heterocycles. The van der Waals surface area contributed by atoms with E-state index in [1.807, 2.05) is 0 Å². The summed E-state index contributed by atoms with van der Waals surface area (Å²) in [6, 6.07) is 2.92. The van der Waals surface area contributed by atoms with Gasteiger partial charge in [0.15, 0.2) is 9.84 Å². The second kappa shape index (κ2) is 5.49. The molecule has 0 fully saturated rings. The highest BCUT2D eigenvalue weighted by Crippen LogP contribution is 2.27. The van der Waals surface area contributed by atoms with Gasteiger partial charge < -0.3 is 4.74 Å². The van der Waals surface area contributed by atoms with E-state index in [2.05, 4.69) is 36.6 Å². The van der Waals surface area contributed by atoms with Crippen LogP contribution < -0.4 is 0 Å². The zero-order valence-corrected chi connectivity index (χ0v) is 13.1. The first-order chi connectivity index (χ1) is 7.81. The first-order valence-corrected chi connectivity index (χ1v) is 8.28. The fraction of sp³-hybridized carbons (Fsp3) is 0.300. The second-order valence-corrected chi connectivity index (χ2v) is 6.74. The van der Waals surface area contributed by atoms with Crippen molar-refractivity contribution in [2.45, 2.75) is 10.2 Å². The van der Waals surface area contributed by atoms with Crippen molar-refractivity contribution in [1.82, 2.24) is 0 Å². The molecular weight excluding hydrogens is 376 g/mol. The highest BCUT2D eigenvalue weighted by atomic mass is 79.9. The van der Waals surface area contributed by atoms with Crippen LogP contribution in [0.25, 0.3) is 0 Å². The monoisotopic (exact) mass is 384 g/mol. The molecule has 1 aromatic rings. The predicted octanol–water partition coefficient (Wildman–Crippen LogP) is 2.53. The molecule has 1 rings (SSSR count). The molecule has 0 amide bonds. The van der Waals surface area contributed by atoms with E-state index in [1.54, 1.807) is 6.07 Å². The van der Waals surface area contributed by atoms with Crippen LogP contribution in [0.4, 0.5) is 0 Å². The van der Waals surface area contributed by atoms with Crippen molar-refractivity contribution >= 4 is 47.7 Å². The van der Waals surface area contributed by atoms with Crippen molar-refractivity contribution in [1.29, 1.82) is 0 Å². The molecule has 0 radical (unpaired) electrons. The number of carbonyl (C=O) groups is 1. The summed E-state index contributed by atoms with van der Waals surface area (Å²) in [7, 11) is -2.14. The van der Waals surface area contributed by atoms with Crippen molar-refractivity contribution in [3.63, 3.8) is 0 Å². The number of halogens is 2. The van der Waals surface area contributed by atoms with Crippen molar-refractivity contribution in [2.75, 3.05) is 13.4 Å². The maximum atomic E-state index is 11.5. The van der Waals surface area contributed by atoms with E-state index in [4.69, 9.17) is 0 Å². The number of methoxy groups -OCH3 is 1. The van der Waals surface area contributed by atoms with Gasteiger partial charge in [0.1, 0.15) is 0 Å². The summed E-state index contributed by atoms with van der Waals surface area (Å²) >= 11 is 6.41. The molecule has 0 bridgehead atoms. The molecule has 17 heavy (non-hydrogen) atoms. The van der Waals surface area contributed by atoms with Crippen molar-refractivity contribution < 1.29 is 17.9 Å². The van der Waals surface area contributed by atoms with E-state index in [1.165, 1.54) is 13.2 Å². The summed E-state index contributed by atoms with van der Waals surface area (Å²) in [4.78, 5) is 11.6. The third-order valence-corrected chi connectivity index (χ3v) is 4.77. The van der Waals surface area contributed by atoms with Crippen LogP contribution in [0.15, 0.2) is 21.5 Å². The van der Waals surface area contributed by atoms with E-state index >= 15 is 0 Å². The lowest BCUT2D eigenvalue weighted by atomic mass is 10.1. The Bertz CT molecular complexity index is 552. The molecule has 0 aliphatic rings. The summed E-state index contributed by atoms with van der Waals surface area (Å²) < 4.78 is 28.1. The van der Waals surface area contributed by atoms with Crippen LogP contribution >= 0.6 is 31.9 Å².